The summed E-state index contributed by atoms with van der Waals surface area (Å²) >= 11 is 1.48. The number of carbonyl (C=O) groups excluding carboxylic acids is 2. The molecule has 4 rings (SSSR count). The summed E-state index contributed by atoms with van der Waals surface area (Å²) in [6, 6.07) is 15.6. The van der Waals surface area contributed by atoms with E-state index in [1.54, 1.807) is 0 Å². The average Bonchev–Trinajstić information content (AvgIpc) is 3.24. The quantitative estimate of drug-likeness (QED) is 0.463. The summed E-state index contributed by atoms with van der Waals surface area (Å²) < 4.78 is 5.18. The molecule has 0 bridgehead atoms. The maximum Gasteiger partial charge on any atom is 0.338 e. The highest BCUT2D eigenvalue weighted by atomic mass is 32.2. The van der Waals surface area contributed by atoms with Crippen LogP contribution in [0.1, 0.15) is 62.3 Å². The normalized spacial score (nSPS) is 17.2. The van der Waals surface area contributed by atoms with Crippen molar-refractivity contribution >= 4 is 34.5 Å². The Hall–Kier alpha value is -3.32. The van der Waals surface area contributed by atoms with Crippen LogP contribution in [0.15, 0.2) is 75.9 Å². The van der Waals surface area contributed by atoms with Crippen LogP contribution in [-0.2, 0) is 14.3 Å². The van der Waals surface area contributed by atoms with Crippen molar-refractivity contribution in [2.24, 2.45) is 4.99 Å². The molecule has 2 aromatic rings. The monoisotopic (exact) mass is 489 g/mol. The third-order valence-corrected chi connectivity index (χ3v) is 7.08. The molecule has 182 valence electrons. The SMILES string of the molecule is CCC1=C(C(=O)OC)[C@H](c2cccc(C)c2)N2C(CC(=O)Nc3ccc(C(C)C)cc3)=CSC2=N1. The number of hydrogen-bond donors (Lipinski definition) is 1. The van der Waals surface area contributed by atoms with Gasteiger partial charge in [-0.05, 0) is 47.9 Å². The largest absolute Gasteiger partial charge is 0.466 e. The first-order valence-electron chi connectivity index (χ1n) is 11.8. The van der Waals surface area contributed by atoms with Crippen molar-refractivity contribution in [1.82, 2.24) is 4.90 Å². The molecule has 0 aliphatic carbocycles. The van der Waals surface area contributed by atoms with Crippen LogP contribution in [0, 0.1) is 6.92 Å². The Morgan fingerprint density at radius 2 is 1.91 bits per heavy atom. The highest BCUT2D eigenvalue weighted by Crippen LogP contribution is 2.45. The maximum atomic E-state index is 13.0. The Kier molecular flexibility index (Phi) is 7.45. The van der Waals surface area contributed by atoms with E-state index >= 15 is 0 Å². The lowest BCUT2D eigenvalue weighted by molar-refractivity contribution is -0.136. The molecule has 2 heterocycles. The predicted molar refractivity (Wildman–Crippen MR) is 142 cm³/mol. The molecule has 2 aliphatic rings. The van der Waals surface area contributed by atoms with E-state index in [0.717, 1.165) is 27.7 Å². The smallest absolute Gasteiger partial charge is 0.338 e. The molecule has 2 aromatic carbocycles. The second-order valence-electron chi connectivity index (χ2n) is 9.02. The van der Waals surface area contributed by atoms with Gasteiger partial charge in [-0.3, -0.25) is 4.79 Å². The fourth-order valence-electron chi connectivity index (χ4n) is 4.39. The number of ether oxygens (including phenoxy) is 1. The topological polar surface area (TPSA) is 71.0 Å². The van der Waals surface area contributed by atoms with Gasteiger partial charge in [0, 0.05) is 11.4 Å². The number of thioether (sulfide) groups is 1. The van der Waals surface area contributed by atoms with Crippen molar-refractivity contribution in [3.05, 3.63) is 87.6 Å². The summed E-state index contributed by atoms with van der Waals surface area (Å²) in [5.74, 6) is -0.0914. The molecule has 0 fully saturated rings. The molecular formula is C28H31N3O3S. The van der Waals surface area contributed by atoms with E-state index in [1.165, 1.54) is 24.4 Å². The van der Waals surface area contributed by atoms with Gasteiger partial charge in [0.15, 0.2) is 5.17 Å². The molecule has 0 saturated carbocycles. The minimum atomic E-state index is -0.413. The predicted octanol–water partition coefficient (Wildman–Crippen LogP) is 6.29. The molecule has 0 radical (unpaired) electrons. The number of anilines is 1. The lowest BCUT2D eigenvalue weighted by atomic mass is 9.92. The first-order chi connectivity index (χ1) is 16.8. The Morgan fingerprint density at radius 3 is 2.54 bits per heavy atom. The van der Waals surface area contributed by atoms with E-state index in [-0.39, 0.29) is 12.3 Å². The number of benzene rings is 2. The summed E-state index contributed by atoms with van der Waals surface area (Å²) in [4.78, 5) is 32.8. The number of nitrogens with zero attached hydrogens (tertiary/aromatic N) is 2. The number of hydrogen-bond acceptors (Lipinski definition) is 6. The molecule has 0 saturated heterocycles. The Labute approximate surface area is 211 Å². The van der Waals surface area contributed by atoms with Crippen LogP contribution in [0.3, 0.4) is 0 Å². The van der Waals surface area contributed by atoms with Gasteiger partial charge < -0.3 is 15.0 Å². The van der Waals surface area contributed by atoms with Crippen molar-refractivity contribution in [1.29, 1.82) is 0 Å². The molecular weight excluding hydrogens is 458 g/mol. The molecule has 1 atom stereocenters. The number of amides is 1. The maximum absolute atomic E-state index is 13.0. The average molecular weight is 490 g/mol. The van der Waals surface area contributed by atoms with Crippen LogP contribution in [0.2, 0.25) is 0 Å². The van der Waals surface area contributed by atoms with Gasteiger partial charge in [-0.15, -0.1) is 0 Å². The summed E-state index contributed by atoms with van der Waals surface area (Å²) in [5, 5.41) is 5.72. The van der Waals surface area contributed by atoms with Gasteiger partial charge in [0.05, 0.1) is 30.8 Å². The van der Waals surface area contributed by atoms with Crippen LogP contribution in [0.25, 0.3) is 0 Å². The first kappa shape index (κ1) is 24.8. The third-order valence-electron chi connectivity index (χ3n) is 6.19. The fourth-order valence-corrected chi connectivity index (χ4v) is 5.33. The zero-order chi connectivity index (χ0) is 25.1. The van der Waals surface area contributed by atoms with E-state index in [2.05, 4.69) is 25.2 Å². The highest BCUT2D eigenvalue weighted by molar-refractivity contribution is 8.16. The Bertz CT molecular complexity index is 1230. The molecule has 6 nitrogen and oxygen atoms in total. The number of carbonyl (C=O) groups is 2. The van der Waals surface area contributed by atoms with E-state index in [0.29, 0.717) is 23.6 Å². The lowest BCUT2D eigenvalue weighted by Gasteiger charge is -2.36. The summed E-state index contributed by atoms with van der Waals surface area (Å²) in [6.45, 7) is 8.29. The van der Waals surface area contributed by atoms with Crippen LogP contribution >= 0.6 is 11.8 Å². The lowest BCUT2D eigenvalue weighted by Crippen LogP contribution is -2.37. The summed E-state index contributed by atoms with van der Waals surface area (Å²) in [7, 11) is 1.39. The van der Waals surface area contributed by atoms with Crippen LogP contribution < -0.4 is 5.32 Å². The number of allylic oxidation sites excluding steroid dienone is 1. The Morgan fingerprint density at radius 1 is 1.17 bits per heavy atom. The van der Waals surface area contributed by atoms with E-state index in [4.69, 9.17) is 9.73 Å². The van der Waals surface area contributed by atoms with Gasteiger partial charge in [0.25, 0.3) is 0 Å². The van der Waals surface area contributed by atoms with Crippen LogP contribution in [0.4, 0.5) is 5.69 Å². The second-order valence-corrected chi connectivity index (χ2v) is 9.85. The van der Waals surface area contributed by atoms with Gasteiger partial charge in [-0.2, -0.15) is 0 Å². The molecule has 0 unspecified atom stereocenters. The number of aliphatic imine (C=N–C) groups is 1. The zero-order valence-corrected chi connectivity index (χ0v) is 21.6. The number of aryl methyl sites for hydroxylation is 1. The van der Waals surface area contributed by atoms with Crippen LogP contribution in [0.5, 0.6) is 0 Å². The van der Waals surface area contributed by atoms with Crippen molar-refractivity contribution in [2.45, 2.75) is 52.5 Å². The standard InChI is InChI=1S/C28H31N3O3S/c1-6-23-25(27(33)34-5)26(20-9-7-8-18(4)14-20)31-22(16-35-28(31)30-23)15-24(32)29-21-12-10-19(11-13-21)17(2)3/h7-14,16-17,26H,6,15H2,1-5H3,(H,29,32)/t26-/m0/s1. The molecule has 1 N–H and O–H groups in total. The fraction of sp³-hybridized carbons (Fsp3) is 0.321. The van der Waals surface area contributed by atoms with E-state index in [1.807, 2.05) is 66.6 Å². The summed E-state index contributed by atoms with van der Waals surface area (Å²) in [5.41, 5.74) is 6.07. The minimum Gasteiger partial charge on any atom is -0.466 e. The van der Waals surface area contributed by atoms with E-state index < -0.39 is 12.0 Å². The number of nitrogens with one attached hydrogen (secondary N) is 1. The Balaban J connectivity index is 1.64. The number of fused-ring (bicyclic) bond motifs is 1. The van der Waals surface area contributed by atoms with Crippen molar-refractivity contribution < 1.29 is 14.3 Å². The van der Waals surface area contributed by atoms with Gasteiger partial charge in [0.2, 0.25) is 5.91 Å². The molecule has 2 aliphatic heterocycles. The van der Waals surface area contributed by atoms with Crippen molar-refractivity contribution in [3.63, 3.8) is 0 Å². The minimum absolute atomic E-state index is 0.122. The molecule has 7 heteroatoms. The van der Waals surface area contributed by atoms with Crippen molar-refractivity contribution in [2.75, 3.05) is 12.4 Å². The second kappa shape index (κ2) is 10.5. The molecule has 0 spiro atoms. The molecule has 1 amide bonds. The number of methoxy groups -OCH3 is 1. The van der Waals surface area contributed by atoms with Gasteiger partial charge in [-0.25, -0.2) is 9.79 Å². The van der Waals surface area contributed by atoms with Gasteiger partial charge in [-0.1, -0.05) is 74.5 Å². The zero-order valence-electron chi connectivity index (χ0n) is 20.8. The van der Waals surface area contributed by atoms with Gasteiger partial charge >= 0.3 is 5.97 Å². The highest BCUT2D eigenvalue weighted by Gasteiger charge is 2.41. The number of rotatable bonds is 7. The van der Waals surface area contributed by atoms with E-state index in [9.17, 15) is 9.59 Å². The third kappa shape index (κ3) is 5.20. The molecule has 0 aromatic heterocycles. The molecule has 35 heavy (non-hydrogen) atoms. The van der Waals surface area contributed by atoms with Crippen molar-refractivity contribution in [3.8, 4) is 0 Å². The van der Waals surface area contributed by atoms with Crippen LogP contribution in [-0.4, -0.2) is 29.1 Å². The first-order valence-corrected chi connectivity index (χ1v) is 12.7. The van der Waals surface area contributed by atoms with Gasteiger partial charge in [0.1, 0.15) is 0 Å². The number of esters is 1. The number of amidine groups is 1. The summed E-state index contributed by atoms with van der Waals surface area (Å²) in [6.07, 6.45) is 0.767.